The first-order chi connectivity index (χ1) is 14.9. The van der Waals surface area contributed by atoms with E-state index in [2.05, 4.69) is 5.32 Å². The highest BCUT2D eigenvalue weighted by Gasteiger charge is 2.34. The number of para-hydroxylation sites is 1. The Balaban J connectivity index is 1.89. The molecule has 0 saturated heterocycles. The van der Waals surface area contributed by atoms with Crippen LogP contribution in [-0.2, 0) is 21.0 Å². The van der Waals surface area contributed by atoms with Gasteiger partial charge in [0.15, 0.2) is 0 Å². The van der Waals surface area contributed by atoms with Gasteiger partial charge >= 0.3 is 6.18 Å². The molecular formula is C21H24ClF3N2O4S. The van der Waals surface area contributed by atoms with Crippen molar-refractivity contribution < 1.29 is 31.1 Å². The molecule has 11 heteroatoms. The maximum atomic E-state index is 13.1. The monoisotopic (exact) mass is 492 g/mol. The number of carbonyl (C=O) groups excluding carboxylic acids is 1. The zero-order chi connectivity index (χ0) is 23.9. The van der Waals surface area contributed by atoms with Crippen molar-refractivity contribution >= 4 is 33.2 Å². The van der Waals surface area contributed by atoms with E-state index in [0.717, 1.165) is 22.2 Å². The third-order valence-electron chi connectivity index (χ3n) is 4.48. The number of nitrogens with one attached hydrogen (secondary N) is 1. The third-order valence-corrected chi connectivity index (χ3v) is 6.01. The van der Waals surface area contributed by atoms with Gasteiger partial charge in [-0.25, -0.2) is 8.42 Å². The number of ether oxygens (including phenoxy) is 1. The number of amides is 1. The van der Waals surface area contributed by atoms with Gasteiger partial charge in [0.05, 0.1) is 29.1 Å². The van der Waals surface area contributed by atoms with Gasteiger partial charge in [0, 0.05) is 13.0 Å². The van der Waals surface area contributed by atoms with Crippen LogP contribution in [0, 0.1) is 6.92 Å². The lowest BCUT2D eigenvalue weighted by Gasteiger charge is -2.23. The second-order valence-corrected chi connectivity index (χ2v) is 9.38. The van der Waals surface area contributed by atoms with E-state index in [0.29, 0.717) is 11.8 Å². The molecule has 6 nitrogen and oxygen atoms in total. The highest BCUT2D eigenvalue weighted by molar-refractivity contribution is 7.92. The standard InChI is InChI=1S/C21H24ClF3N2O4S/c1-15-6-3-4-7-19(15)31-13-11-26-20(28)8-5-12-27(32(2,29)30)16-9-10-18(22)17(14-16)21(23,24)25/h3-4,6-7,9-10,14H,5,8,11-13H2,1-2H3,(H,26,28). The molecule has 0 unspecified atom stereocenters. The number of halogens is 4. The van der Waals surface area contributed by atoms with Crippen LogP contribution in [0.15, 0.2) is 42.5 Å². The molecule has 32 heavy (non-hydrogen) atoms. The molecular weight excluding hydrogens is 469 g/mol. The second-order valence-electron chi connectivity index (χ2n) is 7.06. The van der Waals surface area contributed by atoms with Gasteiger partial charge in [-0.15, -0.1) is 0 Å². The molecule has 2 rings (SSSR count). The molecule has 0 radical (unpaired) electrons. The zero-order valence-corrected chi connectivity index (χ0v) is 19.1. The molecule has 1 N–H and O–H groups in total. The fraction of sp³-hybridized carbons (Fsp3) is 0.381. The Labute approximate surface area is 190 Å². The molecule has 0 aliphatic rings. The average molecular weight is 493 g/mol. The minimum Gasteiger partial charge on any atom is -0.491 e. The molecule has 0 saturated carbocycles. The average Bonchev–Trinajstić information content (AvgIpc) is 2.69. The smallest absolute Gasteiger partial charge is 0.417 e. The van der Waals surface area contributed by atoms with Crippen molar-refractivity contribution in [3.8, 4) is 5.75 Å². The Morgan fingerprint density at radius 1 is 1.19 bits per heavy atom. The summed E-state index contributed by atoms with van der Waals surface area (Å²) < 4.78 is 70.0. The van der Waals surface area contributed by atoms with Crippen LogP contribution in [0.25, 0.3) is 0 Å². The van der Waals surface area contributed by atoms with E-state index in [1.54, 1.807) is 0 Å². The van der Waals surface area contributed by atoms with Crippen molar-refractivity contribution in [2.45, 2.75) is 25.9 Å². The van der Waals surface area contributed by atoms with Crippen LogP contribution in [-0.4, -0.2) is 40.3 Å². The van der Waals surface area contributed by atoms with E-state index in [9.17, 15) is 26.4 Å². The Bertz CT molecular complexity index is 1050. The first kappa shape index (κ1) is 25.8. The van der Waals surface area contributed by atoms with Gasteiger partial charge in [0.25, 0.3) is 0 Å². The van der Waals surface area contributed by atoms with E-state index in [-0.39, 0.29) is 44.1 Å². The molecule has 176 valence electrons. The summed E-state index contributed by atoms with van der Waals surface area (Å²) in [7, 11) is -3.88. The minimum absolute atomic E-state index is 0.00387. The van der Waals surface area contributed by atoms with Gasteiger partial charge < -0.3 is 10.1 Å². The number of sulfonamides is 1. The van der Waals surface area contributed by atoms with E-state index >= 15 is 0 Å². The molecule has 0 aliphatic carbocycles. The van der Waals surface area contributed by atoms with E-state index in [1.807, 2.05) is 31.2 Å². The predicted molar refractivity (Wildman–Crippen MR) is 118 cm³/mol. The maximum absolute atomic E-state index is 13.1. The zero-order valence-electron chi connectivity index (χ0n) is 17.6. The normalized spacial score (nSPS) is 11.8. The molecule has 1 amide bonds. The molecule has 2 aromatic carbocycles. The van der Waals surface area contributed by atoms with Crippen LogP contribution >= 0.6 is 11.6 Å². The quantitative estimate of drug-likeness (QED) is 0.498. The fourth-order valence-corrected chi connectivity index (χ4v) is 4.10. The summed E-state index contributed by atoms with van der Waals surface area (Å²) in [5, 5.41) is 2.14. The van der Waals surface area contributed by atoms with Gasteiger partial charge in [-0.2, -0.15) is 13.2 Å². The summed E-state index contributed by atoms with van der Waals surface area (Å²) in [6.45, 7) is 2.26. The molecule has 0 atom stereocenters. The van der Waals surface area contributed by atoms with Crippen LogP contribution in [0.3, 0.4) is 0 Å². The molecule has 0 spiro atoms. The van der Waals surface area contributed by atoms with Crippen molar-refractivity contribution in [3.05, 3.63) is 58.6 Å². The summed E-state index contributed by atoms with van der Waals surface area (Å²) in [4.78, 5) is 12.0. The SMILES string of the molecule is Cc1ccccc1OCCNC(=O)CCCN(c1ccc(Cl)c(C(F)(F)F)c1)S(C)(=O)=O. The number of hydrogen-bond donors (Lipinski definition) is 1. The number of aryl methyl sites for hydroxylation is 1. The summed E-state index contributed by atoms with van der Waals surface area (Å²) in [5.41, 5.74) is -0.330. The molecule has 2 aromatic rings. The maximum Gasteiger partial charge on any atom is 0.417 e. The van der Waals surface area contributed by atoms with Crippen molar-refractivity contribution in [1.82, 2.24) is 5.32 Å². The van der Waals surface area contributed by atoms with Gasteiger partial charge in [0.2, 0.25) is 15.9 Å². The molecule has 0 aromatic heterocycles. The van der Waals surface area contributed by atoms with Gasteiger partial charge in [0.1, 0.15) is 12.4 Å². The predicted octanol–water partition coefficient (Wildman–Crippen LogP) is 4.41. The largest absolute Gasteiger partial charge is 0.491 e. The fourth-order valence-electron chi connectivity index (χ4n) is 2.91. The summed E-state index contributed by atoms with van der Waals surface area (Å²) in [6.07, 6.45) is -3.73. The van der Waals surface area contributed by atoms with Gasteiger partial charge in [-0.05, 0) is 43.2 Å². The van der Waals surface area contributed by atoms with Crippen molar-refractivity contribution in [1.29, 1.82) is 0 Å². The Morgan fingerprint density at radius 3 is 2.50 bits per heavy atom. The minimum atomic E-state index is -4.73. The second kappa shape index (κ2) is 10.9. The van der Waals surface area contributed by atoms with Crippen LogP contribution in [0.4, 0.5) is 18.9 Å². The number of hydrogen-bond acceptors (Lipinski definition) is 4. The molecule has 0 fully saturated rings. The Morgan fingerprint density at radius 2 is 1.88 bits per heavy atom. The molecule has 0 bridgehead atoms. The molecule has 0 aliphatic heterocycles. The lowest BCUT2D eigenvalue weighted by molar-refractivity contribution is -0.137. The summed E-state index contributed by atoms with van der Waals surface area (Å²) in [5.74, 6) is 0.394. The number of anilines is 1. The topological polar surface area (TPSA) is 75.7 Å². The van der Waals surface area contributed by atoms with Crippen LogP contribution in [0.2, 0.25) is 5.02 Å². The first-order valence-corrected chi connectivity index (χ1v) is 11.9. The number of rotatable bonds is 10. The third kappa shape index (κ3) is 7.59. The summed E-state index contributed by atoms with van der Waals surface area (Å²) in [6, 6.07) is 10.3. The number of nitrogens with zero attached hydrogens (tertiary/aromatic N) is 1. The van der Waals surface area contributed by atoms with Crippen molar-refractivity contribution in [2.75, 3.05) is 30.3 Å². The number of alkyl halides is 3. The van der Waals surface area contributed by atoms with Crippen LogP contribution in [0.1, 0.15) is 24.0 Å². The van der Waals surface area contributed by atoms with Gasteiger partial charge in [-0.1, -0.05) is 29.8 Å². The van der Waals surface area contributed by atoms with E-state index in [1.165, 1.54) is 6.07 Å². The van der Waals surface area contributed by atoms with Crippen molar-refractivity contribution in [3.63, 3.8) is 0 Å². The summed E-state index contributed by atoms with van der Waals surface area (Å²) >= 11 is 5.60. The Hall–Kier alpha value is -2.46. The molecule has 0 heterocycles. The highest BCUT2D eigenvalue weighted by Crippen LogP contribution is 2.37. The van der Waals surface area contributed by atoms with Crippen molar-refractivity contribution in [2.24, 2.45) is 0 Å². The highest BCUT2D eigenvalue weighted by atomic mass is 35.5. The lowest BCUT2D eigenvalue weighted by atomic mass is 10.2. The van der Waals surface area contributed by atoms with Crippen LogP contribution < -0.4 is 14.4 Å². The number of carbonyl (C=O) groups is 1. The Kier molecular flexibility index (Phi) is 8.80. The number of benzene rings is 2. The van der Waals surface area contributed by atoms with Crippen LogP contribution in [0.5, 0.6) is 5.75 Å². The lowest BCUT2D eigenvalue weighted by Crippen LogP contribution is -2.33. The first-order valence-electron chi connectivity index (χ1n) is 9.69. The van der Waals surface area contributed by atoms with Gasteiger partial charge in [-0.3, -0.25) is 9.10 Å². The van der Waals surface area contributed by atoms with E-state index in [4.69, 9.17) is 16.3 Å². The van der Waals surface area contributed by atoms with E-state index < -0.39 is 26.8 Å².